The Balaban J connectivity index is 1.43. The van der Waals surface area contributed by atoms with Gasteiger partial charge < -0.3 is 9.32 Å². The van der Waals surface area contributed by atoms with Gasteiger partial charge in [-0.3, -0.25) is 4.79 Å². The molecule has 2 saturated carbocycles. The predicted octanol–water partition coefficient (Wildman–Crippen LogP) is 1.58. The summed E-state index contributed by atoms with van der Waals surface area (Å²) in [5.74, 6) is 3.25. The first kappa shape index (κ1) is 13.5. The molecule has 2 aliphatic carbocycles. The molecule has 116 valence electrons. The molecule has 2 fully saturated rings. The van der Waals surface area contributed by atoms with E-state index in [0.29, 0.717) is 18.5 Å². The molecule has 0 N–H and O–H groups in total. The van der Waals surface area contributed by atoms with Crippen LogP contribution in [0.1, 0.15) is 43.6 Å². The summed E-state index contributed by atoms with van der Waals surface area (Å²) < 4.78 is 7.39. The van der Waals surface area contributed by atoms with E-state index in [9.17, 15) is 4.79 Å². The molecule has 0 bridgehead atoms. The van der Waals surface area contributed by atoms with Gasteiger partial charge in [0.15, 0.2) is 0 Å². The third-order valence-electron chi connectivity index (χ3n) is 4.48. The zero-order chi connectivity index (χ0) is 15.1. The average molecular weight is 301 g/mol. The topological polar surface area (TPSA) is 77.1 Å². The maximum absolute atomic E-state index is 12.5. The minimum absolute atomic E-state index is 0.0348. The highest BCUT2D eigenvalue weighted by molar-refractivity contribution is 5.76. The molecular weight excluding hydrogens is 282 g/mol. The Bertz CT molecular complexity index is 661. The summed E-state index contributed by atoms with van der Waals surface area (Å²) in [4.78, 5) is 14.4. The van der Waals surface area contributed by atoms with Crippen LogP contribution in [0.15, 0.2) is 22.9 Å². The van der Waals surface area contributed by atoms with Crippen LogP contribution < -0.4 is 0 Å². The Morgan fingerprint density at radius 1 is 1.45 bits per heavy atom. The van der Waals surface area contributed by atoms with E-state index in [1.54, 1.807) is 0 Å². The van der Waals surface area contributed by atoms with E-state index in [1.165, 1.54) is 17.4 Å². The monoisotopic (exact) mass is 301 g/mol. The van der Waals surface area contributed by atoms with Crippen molar-refractivity contribution >= 4 is 5.91 Å². The molecule has 4 rings (SSSR count). The predicted molar refractivity (Wildman–Crippen MR) is 76.6 cm³/mol. The highest BCUT2D eigenvalue weighted by Gasteiger charge is 2.37. The molecule has 0 aromatic carbocycles. The van der Waals surface area contributed by atoms with Gasteiger partial charge in [-0.1, -0.05) is 6.92 Å². The Morgan fingerprint density at radius 3 is 2.91 bits per heavy atom. The average Bonchev–Trinajstić information content (AvgIpc) is 3.36. The minimum Gasteiger partial charge on any atom is -0.464 e. The fourth-order valence-electron chi connectivity index (χ4n) is 2.85. The molecule has 2 heterocycles. The summed E-state index contributed by atoms with van der Waals surface area (Å²) >= 11 is 0. The van der Waals surface area contributed by atoms with Gasteiger partial charge in [0.1, 0.15) is 24.4 Å². The van der Waals surface area contributed by atoms with Crippen LogP contribution in [0.4, 0.5) is 0 Å². The summed E-state index contributed by atoms with van der Waals surface area (Å²) in [5.41, 5.74) is 0. The maximum Gasteiger partial charge on any atom is 0.245 e. The largest absolute Gasteiger partial charge is 0.464 e. The van der Waals surface area contributed by atoms with Crippen LogP contribution in [0.3, 0.4) is 0 Å². The van der Waals surface area contributed by atoms with Gasteiger partial charge in [-0.2, -0.15) is 0 Å². The zero-order valence-corrected chi connectivity index (χ0v) is 12.6. The van der Waals surface area contributed by atoms with Gasteiger partial charge in [-0.15, -0.1) is 5.10 Å². The number of furan rings is 1. The lowest BCUT2D eigenvalue weighted by atomic mass is 10.3. The number of hydrogen-bond donors (Lipinski definition) is 0. The summed E-state index contributed by atoms with van der Waals surface area (Å²) in [6, 6.07) is 4.39. The van der Waals surface area contributed by atoms with Crippen LogP contribution in [0, 0.1) is 5.92 Å². The van der Waals surface area contributed by atoms with Crippen LogP contribution in [-0.4, -0.2) is 37.1 Å². The van der Waals surface area contributed by atoms with Gasteiger partial charge in [-0.25, -0.2) is 4.68 Å². The number of amides is 1. The first-order chi connectivity index (χ1) is 10.7. The van der Waals surface area contributed by atoms with E-state index in [2.05, 4.69) is 28.5 Å². The number of nitrogens with zero attached hydrogens (tertiary/aromatic N) is 5. The lowest BCUT2D eigenvalue weighted by molar-refractivity contribution is -0.133. The summed E-state index contributed by atoms with van der Waals surface area (Å²) in [5, 5.41) is 10.9. The second kappa shape index (κ2) is 5.23. The molecule has 7 nitrogen and oxygen atoms in total. The van der Waals surface area contributed by atoms with Crippen molar-refractivity contribution < 1.29 is 9.21 Å². The molecule has 2 aromatic rings. The third-order valence-corrected chi connectivity index (χ3v) is 4.48. The standard InChI is InChI=1S/C15H19N5O2/c1-10-6-13(10)14-5-4-12(22-14)7-20(11-2-3-11)15(21)8-19-9-16-17-18-19/h4-5,9-11,13H,2-3,6-8H2,1H3/t10-,13+/m0/s1. The van der Waals surface area contributed by atoms with Crippen LogP contribution in [0.5, 0.6) is 0 Å². The quantitative estimate of drug-likeness (QED) is 0.809. The van der Waals surface area contributed by atoms with Crippen LogP contribution >= 0.6 is 0 Å². The Morgan fingerprint density at radius 2 is 2.27 bits per heavy atom. The number of aromatic nitrogens is 4. The highest BCUT2D eigenvalue weighted by Crippen LogP contribution is 2.47. The number of carbonyl (C=O) groups excluding carboxylic acids is 1. The van der Waals surface area contributed by atoms with E-state index in [0.717, 1.165) is 30.3 Å². The van der Waals surface area contributed by atoms with Gasteiger partial charge in [0.25, 0.3) is 0 Å². The number of tetrazole rings is 1. The fraction of sp³-hybridized carbons (Fsp3) is 0.600. The van der Waals surface area contributed by atoms with E-state index < -0.39 is 0 Å². The molecule has 1 amide bonds. The maximum atomic E-state index is 12.5. The highest BCUT2D eigenvalue weighted by atomic mass is 16.3. The molecule has 2 aliphatic rings. The van der Waals surface area contributed by atoms with Crippen LogP contribution in [-0.2, 0) is 17.9 Å². The first-order valence-corrected chi connectivity index (χ1v) is 7.79. The summed E-state index contributed by atoms with van der Waals surface area (Å²) in [6.07, 6.45) is 4.79. The summed E-state index contributed by atoms with van der Waals surface area (Å²) in [6.45, 7) is 2.95. The van der Waals surface area contributed by atoms with Crippen LogP contribution in [0.2, 0.25) is 0 Å². The van der Waals surface area contributed by atoms with Crippen molar-refractivity contribution in [3.05, 3.63) is 30.0 Å². The first-order valence-electron chi connectivity index (χ1n) is 7.79. The number of hydrogen-bond acceptors (Lipinski definition) is 5. The molecular formula is C15H19N5O2. The van der Waals surface area contributed by atoms with Crippen molar-refractivity contribution in [2.45, 2.75) is 51.2 Å². The molecule has 0 spiro atoms. The zero-order valence-electron chi connectivity index (χ0n) is 12.6. The third kappa shape index (κ3) is 2.75. The second-order valence-corrected chi connectivity index (χ2v) is 6.38. The molecule has 0 radical (unpaired) electrons. The van der Waals surface area contributed by atoms with Crippen molar-refractivity contribution in [3.8, 4) is 0 Å². The van der Waals surface area contributed by atoms with Gasteiger partial charge in [-0.05, 0) is 47.7 Å². The molecule has 0 unspecified atom stereocenters. The fourth-order valence-corrected chi connectivity index (χ4v) is 2.85. The molecule has 7 heteroatoms. The molecule has 2 aromatic heterocycles. The normalized spacial score (nSPS) is 23.5. The number of rotatable bonds is 6. The van der Waals surface area contributed by atoms with Crippen molar-refractivity contribution in [2.75, 3.05) is 0 Å². The van der Waals surface area contributed by atoms with Crippen molar-refractivity contribution in [2.24, 2.45) is 5.92 Å². The Hall–Kier alpha value is -2.18. The molecule has 2 atom stereocenters. The smallest absolute Gasteiger partial charge is 0.245 e. The second-order valence-electron chi connectivity index (χ2n) is 6.38. The van der Waals surface area contributed by atoms with Crippen molar-refractivity contribution in [1.82, 2.24) is 25.1 Å². The van der Waals surface area contributed by atoms with E-state index in [1.807, 2.05) is 11.0 Å². The molecule has 0 saturated heterocycles. The minimum atomic E-state index is 0.0348. The Kier molecular flexibility index (Phi) is 3.20. The lowest BCUT2D eigenvalue weighted by Gasteiger charge is -2.21. The molecule has 22 heavy (non-hydrogen) atoms. The van der Waals surface area contributed by atoms with Gasteiger partial charge in [0, 0.05) is 12.0 Å². The van der Waals surface area contributed by atoms with Crippen LogP contribution in [0.25, 0.3) is 0 Å². The van der Waals surface area contributed by atoms with Gasteiger partial charge >= 0.3 is 0 Å². The number of carbonyl (C=O) groups is 1. The van der Waals surface area contributed by atoms with E-state index in [-0.39, 0.29) is 12.5 Å². The summed E-state index contributed by atoms with van der Waals surface area (Å²) in [7, 11) is 0. The van der Waals surface area contributed by atoms with E-state index in [4.69, 9.17) is 4.42 Å². The lowest BCUT2D eigenvalue weighted by Crippen LogP contribution is -2.35. The van der Waals surface area contributed by atoms with E-state index >= 15 is 0 Å². The van der Waals surface area contributed by atoms with Crippen molar-refractivity contribution in [3.63, 3.8) is 0 Å². The van der Waals surface area contributed by atoms with Gasteiger partial charge in [0.2, 0.25) is 5.91 Å². The molecule has 0 aliphatic heterocycles. The van der Waals surface area contributed by atoms with Gasteiger partial charge in [0.05, 0.1) is 6.54 Å². The van der Waals surface area contributed by atoms with Crippen molar-refractivity contribution in [1.29, 1.82) is 0 Å². The SMILES string of the molecule is C[C@H]1C[C@H]1c1ccc(CN(C(=O)Cn2cnnn2)C2CC2)o1. The Labute approximate surface area is 128 Å².